The average Bonchev–Trinajstić information content (AvgIpc) is 2.95. The van der Waals surface area contributed by atoms with Crippen LogP contribution in [0.25, 0.3) is 0 Å². The highest BCUT2D eigenvalue weighted by atomic mass is 32.2. The van der Waals surface area contributed by atoms with Crippen molar-refractivity contribution in [3.05, 3.63) is 24.0 Å². The lowest BCUT2D eigenvalue weighted by Crippen LogP contribution is -2.26. The molecule has 0 radical (unpaired) electrons. The normalized spacial score (nSPS) is 20.7. The van der Waals surface area contributed by atoms with Crippen LogP contribution in [-0.4, -0.2) is 54.1 Å². The first kappa shape index (κ1) is 23.5. The van der Waals surface area contributed by atoms with Crippen LogP contribution in [0.3, 0.4) is 0 Å². The van der Waals surface area contributed by atoms with E-state index >= 15 is 0 Å². The maximum absolute atomic E-state index is 14.1. The molecule has 0 bridgehead atoms. The Morgan fingerprint density at radius 1 is 1.00 bits per heavy atom. The highest BCUT2D eigenvalue weighted by molar-refractivity contribution is 7.92. The van der Waals surface area contributed by atoms with E-state index in [1.807, 2.05) is 0 Å². The molecule has 1 saturated carbocycles. The Hall–Kier alpha value is -2.69. The summed E-state index contributed by atoms with van der Waals surface area (Å²) in [5.74, 6) is 0.790. The molecule has 4 rings (SSSR count). The molecule has 9 nitrogen and oxygen atoms in total. The van der Waals surface area contributed by atoms with Gasteiger partial charge in [0.05, 0.1) is 18.1 Å². The summed E-state index contributed by atoms with van der Waals surface area (Å²) >= 11 is 0. The van der Waals surface area contributed by atoms with E-state index in [0.29, 0.717) is 24.5 Å². The third kappa shape index (κ3) is 6.21. The molecular weight excluding hydrogens is 447 g/mol. The zero-order valence-corrected chi connectivity index (χ0v) is 19.6. The molecule has 3 N–H and O–H groups in total. The summed E-state index contributed by atoms with van der Waals surface area (Å²) in [7, 11) is -1.67. The molecule has 11 heteroatoms. The van der Waals surface area contributed by atoms with E-state index in [2.05, 4.69) is 30.9 Å². The van der Waals surface area contributed by atoms with E-state index in [-0.39, 0.29) is 36.0 Å². The average molecular weight is 479 g/mol. The van der Waals surface area contributed by atoms with Crippen LogP contribution in [0.5, 0.6) is 5.75 Å². The zero-order valence-electron chi connectivity index (χ0n) is 18.8. The smallest absolute Gasteiger partial charge is 0.233 e. The monoisotopic (exact) mass is 478 g/mol. The Balaban J connectivity index is 1.54. The fourth-order valence-electron chi connectivity index (χ4n) is 4.35. The number of anilines is 4. The highest BCUT2D eigenvalue weighted by Gasteiger charge is 2.31. The van der Waals surface area contributed by atoms with Gasteiger partial charge in [-0.05, 0) is 37.8 Å². The second kappa shape index (κ2) is 10.5. The van der Waals surface area contributed by atoms with Crippen molar-refractivity contribution >= 4 is 33.4 Å². The molecule has 1 saturated heterocycles. The van der Waals surface area contributed by atoms with Gasteiger partial charge >= 0.3 is 0 Å². The topological polar surface area (TPSA) is 118 Å². The van der Waals surface area contributed by atoms with Gasteiger partial charge in [0, 0.05) is 24.3 Å². The fraction of sp³-hybridized carbons (Fsp3) is 0.591. The summed E-state index contributed by atoms with van der Waals surface area (Å²) in [6.07, 6.45) is 8.16. The Kier molecular flexibility index (Phi) is 7.46. The second-order valence-corrected chi connectivity index (χ2v) is 11.0. The van der Waals surface area contributed by atoms with Gasteiger partial charge in [0.2, 0.25) is 17.8 Å². The van der Waals surface area contributed by atoms with Crippen LogP contribution in [0.1, 0.15) is 51.4 Å². The van der Waals surface area contributed by atoms with Gasteiger partial charge in [-0.3, -0.25) is 0 Å². The number of halogens is 1. The Morgan fingerprint density at radius 2 is 1.73 bits per heavy atom. The summed E-state index contributed by atoms with van der Waals surface area (Å²) in [6.45, 7) is 0.242. The molecule has 1 atom stereocenters. The lowest BCUT2D eigenvalue weighted by Gasteiger charge is -2.18. The van der Waals surface area contributed by atoms with Crippen LogP contribution in [0.4, 0.5) is 27.9 Å². The van der Waals surface area contributed by atoms with Gasteiger partial charge in [0.25, 0.3) is 0 Å². The van der Waals surface area contributed by atoms with Crippen molar-refractivity contribution in [1.82, 2.24) is 15.0 Å². The number of methoxy groups -OCH3 is 1. The molecule has 1 aromatic heterocycles. The Labute approximate surface area is 193 Å². The van der Waals surface area contributed by atoms with Crippen LogP contribution in [-0.2, 0) is 9.84 Å². The van der Waals surface area contributed by atoms with E-state index < -0.39 is 20.9 Å². The van der Waals surface area contributed by atoms with Crippen LogP contribution in [0.15, 0.2) is 18.2 Å². The molecule has 2 fully saturated rings. The first-order valence-electron chi connectivity index (χ1n) is 11.5. The van der Waals surface area contributed by atoms with Crippen molar-refractivity contribution in [2.24, 2.45) is 0 Å². The summed E-state index contributed by atoms with van der Waals surface area (Å²) in [5, 5.41) is 9.05. The minimum Gasteiger partial charge on any atom is -0.494 e. The number of nitrogens with zero attached hydrogens (tertiary/aromatic N) is 3. The van der Waals surface area contributed by atoms with Gasteiger partial charge in [-0.2, -0.15) is 15.0 Å². The Morgan fingerprint density at radius 3 is 2.39 bits per heavy atom. The molecular formula is C22H31FN6O3S. The van der Waals surface area contributed by atoms with Crippen molar-refractivity contribution in [1.29, 1.82) is 0 Å². The van der Waals surface area contributed by atoms with Gasteiger partial charge in [-0.1, -0.05) is 25.7 Å². The number of benzene rings is 1. The second-order valence-electron chi connectivity index (χ2n) is 8.63. The van der Waals surface area contributed by atoms with Crippen molar-refractivity contribution < 1.29 is 17.5 Å². The summed E-state index contributed by atoms with van der Waals surface area (Å²) in [6, 6.07) is 4.76. The molecule has 2 aromatic rings. The predicted molar refractivity (Wildman–Crippen MR) is 126 cm³/mol. The minimum absolute atomic E-state index is 0.145. The number of ether oxygens (including phenoxy) is 1. The Bertz CT molecular complexity index is 1060. The van der Waals surface area contributed by atoms with E-state index in [1.54, 1.807) is 6.07 Å². The lowest BCUT2D eigenvalue weighted by atomic mass is 10.1. The molecule has 0 spiro atoms. The van der Waals surface area contributed by atoms with E-state index in [0.717, 1.165) is 25.7 Å². The number of hydrogen-bond acceptors (Lipinski definition) is 9. The first-order chi connectivity index (χ1) is 15.9. The van der Waals surface area contributed by atoms with Crippen molar-refractivity contribution in [3.63, 3.8) is 0 Å². The molecule has 33 heavy (non-hydrogen) atoms. The summed E-state index contributed by atoms with van der Waals surface area (Å²) in [5.41, 5.74) is 0.462. The predicted octanol–water partition coefficient (Wildman–Crippen LogP) is 3.89. The third-order valence-electron chi connectivity index (χ3n) is 6.18. The largest absolute Gasteiger partial charge is 0.494 e. The molecule has 180 valence electrons. The van der Waals surface area contributed by atoms with Gasteiger partial charge in [-0.15, -0.1) is 0 Å². The number of nitrogens with one attached hydrogen (secondary N) is 3. The molecule has 1 unspecified atom stereocenters. The minimum atomic E-state index is -3.08. The number of aromatic nitrogens is 3. The van der Waals surface area contributed by atoms with Gasteiger partial charge in [0.15, 0.2) is 21.4 Å². The van der Waals surface area contributed by atoms with Gasteiger partial charge in [-0.25, -0.2) is 12.8 Å². The third-order valence-corrected chi connectivity index (χ3v) is 8.46. The van der Waals surface area contributed by atoms with Crippen LogP contribution < -0.4 is 20.7 Å². The lowest BCUT2D eigenvalue weighted by molar-refractivity contribution is 0.386. The molecule has 2 heterocycles. The van der Waals surface area contributed by atoms with Crippen molar-refractivity contribution in [2.75, 3.05) is 35.4 Å². The van der Waals surface area contributed by atoms with E-state index in [1.165, 1.54) is 32.1 Å². The van der Waals surface area contributed by atoms with Crippen LogP contribution in [0, 0.1) is 5.82 Å². The van der Waals surface area contributed by atoms with Crippen molar-refractivity contribution in [2.45, 2.75) is 62.7 Å². The van der Waals surface area contributed by atoms with E-state index in [9.17, 15) is 12.8 Å². The standard InChI is InChI=1S/C22H31FN6O3S/c1-32-19-11-10-16(13-18(19)23)26-22-28-20(24-14-17-9-6-12-33(17,30)31)27-21(29-22)25-15-7-4-2-3-5-8-15/h10-11,13,15,17H,2-9,12,14H2,1H3,(H3,24,25,26,27,28,29). The van der Waals surface area contributed by atoms with E-state index in [4.69, 9.17) is 4.74 Å². The quantitative estimate of drug-likeness (QED) is 0.486. The van der Waals surface area contributed by atoms with Crippen LogP contribution >= 0.6 is 0 Å². The first-order valence-corrected chi connectivity index (χ1v) is 13.2. The molecule has 1 aliphatic carbocycles. The number of rotatable bonds is 8. The fourth-order valence-corrected chi connectivity index (χ4v) is 6.11. The number of sulfone groups is 1. The summed E-state index contributed by atoms with van der Waals surface area (Å²) in [4.78, 5) is 13.3. The number of hydrogen-bond donors (Lipinski definition) is 3. The molecule has 0 amide bonds. The maximum Gasteiger partial charge on any atom is 0.233 e. The molecule has 1 aromatic carbocycles. The van der Waals surface area contributed by atoms with Gasteiger partial charge < -0.3 is 20.7 Å². The van der Waals surface area contributed by atoms with Crippen LogP contribution in [0.2, 0.25) is 0 Å². The molecule has 2 aliphatic rings. The van der Waals surface area contributed by atoms with Crippen molar-refractivity contribution in [3.8, 4) is 5.75 Å². The summed E-state index contributed by atoms with van der Waals surface area (Å²) < 4.78 is 43.4. The van der Waals surface area contributed by atoms with Gasteiger partial charge in [0.1, 0.15) is 0 Å². The maximum atomic E-state index is 14.1. The highest BCUT2D eigenvalue weighted by Crippen LogP contribution is 2.25. The SMILES string of the molecule is COc1ccc(Nc2nc(NCC3CCCS3(=O)=O)nc(NC3CCCCCC3)n2)cc1F. The zero-order chi connectivity index (χ0) is 23.3. The molecule has 1 aliphatic heterocycles.